The van der Waals surface area contributed by atoms with Crippen LogP contribution in [0.2, 0.25) is 0 Å². The smallest absolute Gasteiger partial charge is 0.260 e. The first kappa shape index (κ1) is 15.5. The summed E-state index contributed by atoms with van der Waals surface area (Å²) in [4.78, 5) is 13.9. The number of amides is 1. The lowest BCUT2D eigenvalue weighted by molar-refractivity contribution is -0.127. The largest absolute Gasteiger partial charge is 0.481 e. The highest BCUT2D eigenvalue weighted by atomic mass is 16.5. The molecule has 0 heterocycles. The molecule has 0 aliphatic heterocycles. The number of hydrogen-bond acceptors (Lipinski definition) is 3. The highest BCUT2D eigenvalue weighted by molar-refractivity contribution is 5.80. The summed E-state index contributed by atoms with van der Waals surface area (Å²) < 4.78 is 5.67. The van der Waals surface area contributed by atoms with Crippen molar-refractivity contribution < 1.29 is 9.53 Å². The molecule has 0 spiro atoms. The lowest BCUT2D eigenvalue weighted by atomic mass is 10.1. The Balaban J connectivity index is 2.49. The Labute approximate surface area is 115 Å². The highest BCUT2D eigenvalue weighted by Gasteiger charge is 2.14. The van der Waals surface area contributed by atoms with Crippen LogP contribution in [0.3, 0.4) is 0 Å². The van der Waals surface area contributed by atoms with E-state index in [0.717, 1.165) is 23.4 Å². The summed E-state index contributed by atoms with van der Waals surface area (Å²) in [6.45, 7) is 7.25. The van der Waals surface area contributed by atoms with Gasteiger partial charge in [0.15, 0.2) is 6.10 Å². The van der Waals surface area contributed by atoms with Crippen LogP contribution in [0, 0.1) is 13.8 Å². The monoisotopic (exact) mass is 264 g/mol. The van der Waals surface area contributed by atoms with Crippen LogP contribution in [-0.4, -0.2) is 44.1 Å². The lowest BCUT2D eigenvalue weighted by Gasteiger charge is -2.16. The Bertz CT molecular complexity index is 410. The van der Waals surface area contributed by atoms with Gasteiger partial charge in [0.2, 0.25) is 0 Å². The van der Waals surface area contributed by atoms with Crippen molar-refractivity contribution in [2.75, 3.05) is 27.2 Å². The lowest BCUT2D eigenvalue weighted by Crippen LogP contribution is -2.39. The van der Waals surface area contributed by atoms with Crippen LogP contribution in [0.4, 0.5) is 0 Å². The van der Waals surface area contributed by atoms with Crippen LogP contribution in [-0.2, 0) is 4.79 Å². The summed E-state index contributed by atoms with van der Waals surface area (Å²) in [7, 11) is 3.95. The molecule has 0 saturated carbocycles. The normalized spacial score (nSPS) is 12.3. The second-order valence-corrected chi connectivity index (χ2v) is 5.18. The van der Waals surface area contributed by atoms with Crippen molar-refractivity contribution in [1.82, 2.24) is 10.2 Å². The first-order valence-electron chi connectivity index (χ1n) is 6.56. The van der Waals surface area contributed by atoms with Gasteiger partial charge in [-0.25, -0.2) is 0 Å². The molecule has 0 aliphatic rings. The van der Waals surface area contributed by atoms with Gasteiger partial charge in [-0.15, -0.1) is 0 Å². The fourth-order valence-electron chi connectivity index (χ4n) is 1.81. The number of nitrogens with zero attached hydrogens (tertiary/aromatic N) is 1. The molecule has 19 heavy (non-hydrogen) atoms. The number of aryl methyl sites for hydroxylation is 2. The molecule has 1 aromatic carbocycles. The number of rotatable bonds is 6. The van der Waals surface area contributed by atoms with Gasteiger partial charge < -0.3 is 15.0 Å². The minimum absolute atomic E-state index is 0.0824. The van der Waals surface area contributed by atoms with Gasteiger partial charge in [0, 0.05) is 13.1 Å². The zero-order chi connectivity index (χ0) is 14.4. The van der Waals surface area contributed by atoms with Crippen LogP contribution < -0.4 is 10.1 Å². The van der Waals surface area contributed by atoms with Gasteiger partial charge in [0.1, 0.15) is 5.75 Å². The van der Waals surface area contributed by atoms with Crippen molar-refractivity contribution in [3.8, 4) is 5.75 Å². The van der Waals surface area contributed by atoms with Crippen LogP contribution in [0.1, 0.15) is 18.1 Å². The number of carbonyl (C=O) groups is 1. The van der Waals surface area contributed by atoms with Gasteiger partial charge in [-0.2, -0.15) is 0 Å². The van der Waals surface area contributed by atoms with E-state index in [1.807, 2.05) is 45.0 Å². The molecule has 0 bridgehead atoms. The number of carbonyl (C=O) groups excluding carboxylic acids is 1. The van der Waals surface area contributed by atoms with E-state index in [1.54, 1.807) is 6.92 Å². The van der Waals surface area contributed by atoms with Crippen LogP contribution in [0.5, 0.6) is 5.75 Å². The van der Waals surface area contributed by atoms with E-state index in [-0.39, 0.29) is 5.91 Å². The summed E-state index contributed by atoms with van der Waals surface area (Å²) in [5.74, 6) is 0.661. The standard InChI is InChI=1S/C15H24N2O2/c1-11-8-12(2)10-14(9-11)19-13(3)15(18)16-6-7-17(4)5/h8-10,13H,6-7H2,1-5H3,(H,16,18)/t13-/m0/s1. The minimum atomic E-state index is -0.483. The van der Waals surface area contributed by atoms with Gasteiger partial charge in [0.05, 0.1) is 0 Å². The summed E-state index contributed by atoms with van der Waals surface area (Å²) in [6.07, 6.45) is -0.483. The summed E-state index contributed by atoms with van der Waals surface area (Å²) in [6, 6.07) is 5.96. The van der Waals surface area contributed by atoms with E-state index in [0.29, 0.717) is 6.54 Å². The van der Waals surface area contributed by atoms with Crippen LogP contribution in [0.15, 0.2) is 18.2 Å². The Hall–Kier alpha value is -1.55. The van der Waals surface area contributed by atoms with E-state index in [2.05, 4.69) is 11.4 Å². The molecular weight excluding hydrogens is 240 g/mol. The Kier molecular flexibility index (Phi) is 5.83. The minimum Gasteiger partial charge on any atom is -0.481 e. The average Bonchev–Trinajstić information content (AvgIpc) is 2.26. The summed E-state index contributed by atoms with van der Waals surface area (Å²) in [5.41, 5.74) is 2.27. The molecule has 0 unspecified atom stereocenters. The third kappa shape index (κ3) is 5.75. The van der Waals surface area contributed by atoms with Crippen molar-refractivity contribution in [2.45, 2.75) is 26.9 Å². The SMILES string of the molecule is Cc1cc(C)cc(O[C@@H](C)C(=O)NCCN(C)C)c1. The first-order valence-corrected chi connectivity index (χ1v) is 6.56. The topological polar surface area (TPSA) is 41.6 Å². The molecule has 0 aromatic heterocycles. The zero-order valence-electron chi connectivity index (χ0n) is 12.5. The molecule has 106 valence electrons. The predicted molar refractivity (Wildman–Crippen MR) is 77.6 cm³/mol. The second kappa shape index (κ2) is 7.14. The Morgan fingerprint density at radius 3 is 2.37 bits per heavy atom. The van der Waals surface area contributed by atoms with Crippen LogP contribution in [0.25, 0.3) is 0 Å². The van der Waals surface area contributed by atoms with Gasteiger partial charge in [0.25, 0.3) is 5.91 Å². The van der Waals surface area contributed by atoms with Gasteiger partial charge in [-0.3, -0.25) is 4.79 Å². The molecule has 4 nitrogen and oxygen atoms in total. The maximum Gasteiger partial charge on any atom is 0.260 e. The molecule has 1 atom stereocenters. The van der Waals surface area contributed by atoms with Crippen molar-refractivity contribution >= 4 is 5.91 Å². The molecule has 1 N–H and O–H groups in total. The molecule has 4 heteroatoms. The first-order chi connectivity index (χ1) is 8.88. The summed E-state index contributed by atoms with van der Waals surface area (Å²) >= 11 is 0. The average molecular weight is 264 g/mol. The van der Waals surface area contributed by atoms with E-state index < -0.39 is 6.10 Å². The van der Waals surface area contributed by atoms with E-state index >= 15 is 0 Å². The number of ether oxygens (including phenoxy) is 1. The van der Waals surface area contributed by atoms with Crippen molar-refractivity contribution in [3.05, 3.63) is 29.3 Å². The van der Waals surface area contributed by atoms with Crippen molar-refractivity contribution in [3.63, 3.8) is 0 Å². The molecule has 0 aliphatic carbocycles. The second-order valence-electron chi connectivity index (χ2n) is 5.18. The van der Waals surface area contributed by atoms with Gasteiger partial charge in [-0.05, 0) is 58.1 Å². The van der Waals surface area contributed by atoms with E-state index in [9.17, 15) is 4.79 Å². The van der Waals surface area contributed by atoms with Gasteiger partial charge >= 0.3 is 0 Å². The molecule has 1 amide bonds. The molecular formula is C15H24N2O2. The van der Waals surface area contributed by atoms with Gasteiger partial charge in [-0.1, -0.05) is 6.07 Å². The fraction of sp³-hybridized carbons (Fsp3) is 0.533. The number of hydrogen-bond donors (Lipinski definition) is 1. The molecule has 0 fully saturated rings. The Morgan fingerprint density at radius 1 is 1.26 bits per heavy atom. The highest BCUT2D eigenvalue weighted by Crippen LogP contribution is 2.17. The molecule has 1 rings (SSSR count). The molecule has 0 radical (unpaired) electrons. The quantitative estimate of drug-likeness (QED) is 0.851. The maximum atomic E-state index is 11.8. The van der Waals surface area contributed by atoms with Crippen molar-refractivity contribution in [2.24, 2.45) is 0 Å². The maximum absolute atomic E-state index is 11.8. The fourth-order valence-corrected chi connectivity index (χ4v) is 1.81. The third-order valence-corrected chi connectivity index (χ3v) is 2.74. The number of benzene rings is 1. The van der Waals surface area contributed by atoms with Crippen LogP contribution >= 0.6 is 0 Å². The van der Waals surface area contributed by atoms with Crippen molar-refractivity contribution in [1.29, 1.82) is 0 Å². The molecule has 1 aromatic rings. The zero-order valence-corrected chi connectivity index (χ0v) is 12.5. The van der Waals surface area contributed by atoms with E-state index in [1.165, 1.54) is 0 Å². The molecule has 0 saturated heterocycles. The third-order valence-electron chi connectivity index (χ3n) is 2.74. The predicted octanol–water partition coefficient (Wildman–Crippen LogP) is 1.75. The number of likely N-dealkylation sites (N-methyl/N-ethyl adjacent to an activating group) is 1. The van der Waals surface area contributed by atoms with E-state index in [4.69, 9.17) is 4.74 Å². The Morgan fingerprint density at radius 2 is 1.84 bits per heavy atom. The summed E-state index contributed by atoms with van der Waals surface area (Å²) in [5, 5.41) is 2.86. The number of nitrogens with one attached hydrogen (secondary N) is 1.